The van der Waals surface area contributed by atoms with Crippen LogP contribution in [-0.4, -0.2) is 46.7 Å². The molecule has 126 valence electrons. The molecule has 0 bridgehead atoms. The first-order valence-electron chi connectivity index (χ1n) is 7.25. The lowest BCUT2D eigenvalue weighted by Crippen LogP contribution is -2.24. The summed E-state index contributed by atoms with van der Waals surface area (Å²) in [4.78, 5) is 23.2. The zero-order valence-electron chi connectivity index (χ0n) is 12.5. The number of hydrogen-bond acceptors (Lipinski definition) is 5. The number of benzene rings is 1. The first-order chi connectivity index (χ1) is 11.4. The van der Waals surface area contributed by atoms with Gasteiger partial charge in [0.15, 0.2) is 15.5 Å². The number of nitrogens with one attached hydrogen (secondary N) is 1. The Morgan fingerprint density at radius 2 is 2.00 bits per heavy atom. The number of carbonyl (C=O) groups excluding carboxylic acids is 1. The zero-order chi connectivity index (χ0) is 17.3. The molecule has 0 unspecified atom stereocenters. The Hall–Kier alpha value is -2.68. The second kappa shape index (κ2) is 6.08. The number of amides is 1. The lowest BCUT2D eigenvalue weighted by Gasteiger charge is -2.13. The zero-order valence-corrected chi connectivity index (χ0v) is 13.4. The van der Waals surface area contributed by atoms with Gasteiger partial charge < -0.3 is 10.4 Å². The second-order valence-corrected chi connectivity index (χ2v) is 7.79. The molecule has 24 heavy (non-hydrogen) atoms. The van der Waals surface area contributed by atoms with Gasteiger partial charge in [0, 0.05) is 6.20 Å². The lowest BCUT2D eigenvalue weighted by atomic mass is 10.1. The van der Waals surface area contributed by atoms with Gasteiger partial charge in [-0.1, -0.05) is 12.1 Å². The third-order valence-corrected chi connectivity index (χ3v) is 5.59. The summed E-state index contributed by atoms with van der Waals surface area (Å²) in [6, 6.07) is 8.13. The summed E-state index contributed by atoms with van der Waals surface area (Å²) < 4.78 is 24.4. The van der Waals surface area contributed by atoms with Crippen molar-refractivity contribution in [3.63, 3.8) is 0 Å². The monoisotopic (exact) mass is 349 g/mol. The molecule has 0 aliphatic carbocycles. The van der Waals surface area contributed by atoms with Gasteiger partial charge in [0.05, 0.1) is 28.8 Å². The number of carboxylic acid groups (broad SMARTS) is 1. The Bertz CT molecular complexity index is 903. The van der Waals surface area contributed by atoms with E-state index in [1.165, 1.54) is 16.9 Å². The van der Waals surface area contributed by atoms with E-state index in [-0.39, 0.29) is 23.1 Å². The van der Waals surface area contributed by atoms with Crippen molar-refractivity contribution in [2.75, 3.05) is 16.8 Å². The Morgan fingerprint density at radius 3 is 2.62 bits per heavy atom. The van der Waals surface area contributed by atoms with Gasteiger partial charge >= 0.3 is 5.97 Å². The summed E-state index contributed by atoms with van der Waals surface area (Å²) in [5.41, 5.74) is 0.823. The van der Waals surface area contributed by atoms with Gasteiger partial charge in [-0.05, 0) is 24.6 Å². The van der Waals surface area contributed by atoms with E-state index in [1.54, 1.807) is 24.3 Å². The fraction of sp³-hybridized carbons (Fsp3) is 0.267. The first-order valence-corrected chi connectivity index (χ1v) is 9.07. The molecule has 2 heterocycles. The van der Waals surface area contributed by atoms with E-state index in [0.717, 1.165) is 0 Å². The van der Waals surface area contributed by atoms with Crippen LogP contribution in [0.1, 0.15) is 16.9 Å². The number of aromatic nitrogens is 2. The van der Waals surface area contributed by atoms with Crippen LogP contribution >= 0.6 is 0 Å². The van der Waals surface area contributed by atoms with Crippen LogP contribution in [0.4, 0.5) is 5.69 Å². The number of carboxylic acids is 1. The van der Waals surface area contributed by atoms with Crippen LogP contribution in [0.15, 0.2) is 36.5 Å². The third-order valence-electron chi connectivity index (χ3n) is 3.82. The number of sulfone groups is 1. The van der Waals surface area contributed by atoms with Gasteiger partial charge in [0.1, 0.15) is 0 Å². The van der Waals surface area contributed by atoms with Crippen molar-refractivity contribution in [3.05, 3.63) is 42.2 Å². The van der Waals surface area contributed by atoms with Crippen LogP contribution in [0.2, 0.25) is 0 Å². The van der Waals surface area contributed by atoms with Gasteiger partial charge in [-0.3, -0.25) is 4.79 Å². The quantitative estimate of drug-likeness (QED) is 0.848. The number of carbonyl (C=O) groups is 2. The fourth-order valence-corrected chi connectivity index (χ4v) is 4.33. The minimum absolute atomic E-state index is 0.0217. The molecule has 1 amide bonds. The van der Waals surface area contributed by atoms with Gasteiger partial charge in [0.2, 0.25) is 5.91 Å². The molecule has 8 nitrogen and oxygen atoms in total. The number of hydrogen-bond donors (Lipinski definition) is 2. The van der Waals surface area contributed by atoms with Crippen LogP contribution in [-0.2, 0) is 14.6 Å². The Labute approximate surface area is 138 Å². The van der Waals surface area contributed by atoms with E-state index in [1.807, 2.05) is 0 Å². The molecule has 0 saturated carbocycles. The maximum atomic E-state index is 12.3. The van der Waals surface area contributed by atoms with Gasteiger partial charge in [-0.15, -0.1) is 0 Å². The number of anilines is 1. The Balaban J connectivity index is 1.84. The molecule has 0 spiro atoms. The minimum Gasteiger partial charge on any atom is -0.476 e. The van der Waals surface area contributed by atoms with Crippen molar-refractivity contribution >= 4 is 27.4 Å². The van der Waals surface area contributed by atoms with Crippen LogP contribution in [0.5, 0.6) is 0 Å². The van der Waals surface area contributed by atoms with Gasteiger partial charge in [-0.25, -0.2) is 17.9 Å². The average molecular weight is 349 g/mol. The van der Waals surface area contributed by atoms with Gasteiger partial charge in [0.25, 0.3) is 0 Å². The van der Waals surface area contributed by atoms with Crippen molar-refractivity contribution < 1.29 is 23.1 Å². The van der Waals surface area contributed by atoms with E-state index < -0.39 is 21.7 Å². The van der Waals surface area contributed by atoms with Crippen molar-refractivity contribution in [2.24, 2.45) is 5.92 Å². The molecule has 1 fully saturated rings. The average Bonchev–Trinajstić information content (AvgIpc) is 3.14. The summed E-state index contributed by atoms with van der Waals surface area (Å²) in [6.45, 7) is 0. The summed E-state index contributed by atoms with van der Waals surface area (Å²) in [7, 11) is -3.14. The highest BCUT2D eigenvalue weighted by Crippen LogP contribution is 2.24. The second-order valence-electron chi connectivity index (χ2n) is 5.56. The normalized spacial score (nSPS) is 19.1. The Kier molecular flexibility index (Phi) is 4.10. The van der Waals surface area contributed by atoms with E-state index >= 15 is 0 Å². The third kappa shape index (κ3) is 3.30. The minimum atomic E-state index is -3.14. The van der Waals surface area contributed by atoms with Crippen LogP contribution in [0.3, 0.4) is 0 Å². The molecule has 1 saturated heterocycles. The van der Waals surface area contributed by atoms with Crippen LogP contribution in [0.25, 0.3) is 5.69 Å². The molecule has 0 radical (unpaired) electrons. The van der Waals surface area contributed by atoms with Crippen molar-refractivity contribution in [1.82, 2.24) is 9.78 Å². The van der Waals surface area contributed by atoms with E-state index in [0.29, 0.717) is 17.8 Å². The molecule has 3 rings (SSSR count). The maximum absolute atomic E-state index is 12.3. The smallest absolute Gasteiger partial charge is 0.356 e. The standard InChI is InChI=1S/C15H15N3O5S/c19-14(10-6-8-24(22,23)9-10)16-11-3-1-2-4-13(11)18-7-5-12(17-18)15(20)21/h1-5,7,10H,6,8-9H2,(H,16,19)(H,20,21)/t10-/m0/s1. The molecule has 1 aliphatic heterocycles. The fourth-order valence-electron chi connectivity index (χ4n) is 2.59. The molecule has 1 aromatic heterocycles. The summed E-state index contributed by atoms with van der Waals surface area (Å²) in [6.07, 6.45) is 1.79. The lowest BCUT2D eigenvalue weighted by molar-refractivity contribution is -0.119. The van der Waals surface area contributed by atoms with E-state index in [4.69, 9.17) is 5.11 Å². The summed E-state index contributed by atoms with van der Waals surface area (Å²) in [5, 5.41) is 15.6. The largest absolute Gasteiger partial charge is 0.476 e. The maximum Gasteiger partial charge on any atom is 0.356 e. The number of para-hydroxylation sites is 2. The number of aromatic carboxylic acids is 1. The summed E-state index contributed by atoms with van der Waals surface area (Å²) >= 11 is 0. The molecule has 2 N–H and O–H groups in total. The molecule has 1 atom stereocenters. The Morgan fingerprint density at radius 1 is 1.25 bits per heavy atom. The van der Waals surface area contributed by atoms with Crippen LogP contribution in [0, 0.1) is 5.92 Å². The molecule has 9 heteroatoms. The van der Waals surface area contributed by atoms with Crippen LogP contribution < -0.4 is 5.32 Å². The van der Waals surface area contributed by atoms with Gasteiger partial charge in [-0.2, -0.15) is 5.10 Å². The molecule has 2 aromatic rings. The van der Waals surface area contributed by atoms with Crippen molar-refractivity contribution in [3.8, 4) is 5.69 Å². The highest BCUT2D eigenvalue weighted by atomic mass is 32.2. The number of rotatable bonds is 4. The topological polar surface area (TPSA) is 118 Å². The summed E-state index contributed by atoms with van der Waals surface area (Å²) in [5.74, 6) is -2.21. The highest BCUT2D eigenvalue weighted by Gasteiger charge is 2.33. The number of nitrogens with zero attached hydrogens (tertiary/aromatic N) is 2. The SMILES string of the molecule is O=C(O)c1ccn(-c2ccccc2NC(=O)[C@H]2CCS(=O)(=O)C2)n1. The van der Waals surface area contributed by atoms with Crippen molar-refractivity contribution in [2.45, 2.75) is 6.42 Å². The molecule has 1 aromatic carbocycles. The molecular weight excluding hydrogens is 334 g/mol. The molecular formula is C15H15N3O5S. The highest BCUT2D eigenvalue weighted by molar-refractivity contribution is 7.91. The van der Waals surface area contributed by atoms with Crippen molar-refractivity contribution in [1.29, 1.82) is 0 Å². The predicted octanol–water partition coefficient (Wildman–Crippen LogP) is 0.944. The molecule has 1 aliphatic rings. The predicted molar refractivity (Wildman–Crippen MR) is 85.9 cm³/mol. The van der Waals surface area contributed by atoms with E-state index in [2.05, 4.69) is 10.4 Å². The van der Waals surface area contributed by atoms with E-state index in [9.17, 15) is 18.0 Å². The first kappa shape index (κ1) is 16.2.